The molecule has 0 spiro atoms. The van der Waals surface area contributed by atoms with Crippen LogP contribution in [0.15, 0.2) is 34.1 Å². The molecule has 0 saturated carbocycles. The first-order valence-electron chi connectivity index (χ1n) is 9.56. The van der Waals surface area contributed by atoms with Gasteiger partial charge in [-0.1, -0.05) is 0 Å². The molecule has 0 aromatic carbocycles. The van der Waals surface area contributed by atoms with Gasteiger partial charge in [-0.3, -0.25) is 9.59 Å². The molecule has 0 bridgehead atoms. The zero-order valence-electron chi connectivity index (χ0n) is 17.2. The van der Waals surface area contributed by atoms with Crippen LogP contribution in [0, 0.1) is 13.8 Å². The van der Waals surface area contributed by atoms with Crippen molar-refractivity contribution in [3.8, 4) is 0 Å². The Hall–Kier alpha value is -2.23. The van der Waals surface area contributed by atoms with E-state index >= 15 is 0 Å². The Balaban J connectivity index is 1.86. The minimum Gasteiger partial charge on any atom is -0.376 e. The van der Waals surface area contributed by atoms with Crippen molar-refractivity contribution in [3.63, 3.8) is 0 Å². The highest BCUT2D eigenvalue weighted by Crippen LogP contribution is 2.21. The van der Waals surface area contributed by atoms with E-state index in [1.807, 2.05) is 19.9 Å². The van der Waals surface area contributed by atoms with Crippen LogP contribution in [0.25, 0.3) is 0 Å². The summed E-state index contributed by atoms with van der Waals surface area (Å²) >= 11 is 0. The fourth-order valence-corrected chi connectivity index (χ4v) is 4.51. The van der Waals surface area contributed by atoms with Gasteiger partial charge in [-0.05, 0) is 38.8 Å². The monoisotopic (exact) mass is 421 g/mol. The van der Waals surface area contributed by atoms with Crippen LogP contribution in [0.4, 0.5) is 0 Å². The van der Waals surface area contributed by atoms with Gasteiger partial charge >= 0.3 is 0 Å². The molecule has 3 rings (SSSR count). The maximum absolute atomic E-state index is 12.9. The highest BCUT2D eigenvalue weighted by atomic mass is 32.2. The largest absolute Gasteiger partial charge is 0.376 e. The second kappa shape index (κ2) is 8.25. The standard InChI is InChI=1S/C20H27N3O5S/c1-14-10-18(15(2)23(14)11-16-6-5-9-28-16)19(24)13-22-12-17(7-8-20(22)25)29(26,27)21(3)4/h7-8,10,12,16H,5-6,9,11,13H2,1-4H3/t16-/m1/s1. The average molecular weight is 422 g/mol. The van der Waals surface area contributed by atoms with Crippen molar-refractivity contribution in [1.82, 2.24) is 13.4 Å². The van der Waals surface area contributed by atoms with Crippen molar-refractivity contribution in [2.45, 2.75) is 50.8 Å². The van der Waals surface area contributed by atoms with E-state index in [-0.39, 0.29) is 23.3 Å². The molecule has 0 unspecified atom stereocenters. The maximum atomic E-state index is 12.9. The minimum absolute atomic E-state index is 0.0289. The van der Waals surface area contributed by atoms with Gasteiger partial charge in [0, 0.05) is 56.5 Å². The molecule has 1 atom stereocenters. The van der Waals surface area contributed by atoms with Crippen molar-refractivity contribution in [1.29, 1.82) is 0 Å². The minimum atomic E-state index is -3.70. The molecule has 1 fully saturated rings. The fourth-order valence-electron chi connectivity index (χ4n) is 3.59. The van der Waals surface area contributed by atoms with Crippen LogP contribution in [0.5, 0.6) is 0 Å². The zero-order chi connectivity index (χ0) is 21.3. The van der Waals surface area contributed by atoms with E-state index in [2.05, 4.69) is 4.57 Å². The van der Waals surface area contributed by atoms with Crippen LogP contribution in [-0.4, -0.2) is 54.4 Å². The van der Waals surface area contributed by atoms with E-state index in [0.717, 1.165) is 39.7 Å². The third kappa shape index (κ3) is 4.36. The van der Waals surface area contributed by atoms with Crippen LogP contribution >= 0.6 is 0 Å². The SMILES string of the molecule is Cc1cc(C(=O)Cn2cc(S(=O)(=O)N(C)C)ccc2=O)c(C)n1C[C@H]1CCCO1. The van der Waals surface area contributed by atoms with E-state index < -0.39 is 15.6 Å². The Kier molecular flexibility index (Phi) is 6.11. The van der Waals surface area contributed by atoms with Gasteiger partial charge in [0.15, 0.2) is 5.78 Å². The summed E-state index contributed by atoms with van der Waals surface area (Å²) < 4.78 is 34.6. The van der Waals surface area contributed by atoms with Crippen LogP contribution in [0.2, 0.25) is 0 Å². The molecule has 1 saturated heterocycles. The number of sulfonamides is 1. The molecule has 0 N–H and O–H groups in total. The summed E-state index contributed by atoms with van der Waals surface area (Å²) in [6.07, 6.45) is 3.42. The average Bonchev–Trinajstić information content (AvgIpc) is 3.27. The van der Waals surface area contributed by atoms with E-state index in [0.29, 0.717) is 12.1 Å². The summed E-state index contributed by atoms with van der Waals surface area (Å²) in [5.74, 6) is -0.238. The lowest BCUT2D eigenvalue weighted by molar-refractivity contribution is 0.0948. The van der Waals surface area contributed by atoms with Crippen molar-refractivity contribution in [2.24, 2.45) is 0 Å². The molecular formula is C20H27N3O5S. The van der Waals surface area contributed by atoms with E-state index in [1.165, 1.54) is 32.4 Å². The number of nitrogens with zero attached hydrogens (tertiary/aromatic N) is 3. The molecule has 0 radical (unpaired) electrons. The highest BCUT2D eigenvalue weighted by molar-refractivity contribution is 7.89. The van der Waals surface area contributed by atoms with Crippen LogP contribution < -0.4 is 5.56 Å². The Labute approximate surface area is 170 Å². The first-order valence-corrected chi connectivity index (χ1v) is 11.0. The summed E-state index contributed by atoms with van der Waals surface area (Å²) in [4.78, 5) is 25.1. The van der Waals surface area contributed by atoms with Gasteiger partial charge in [0.25, 0.3) is 5.56 Å². The quantitative estimate of drug-likeness (QED) is 0.633. The number of hydrogen-bond acceptors (Lipinski definition) is 5. The molecule has 158 valence electrons. The Bertz CT molecular complexity index is 1080. The molecule has 0 amide bonds. The van der Waals surface area contributed by atoms with Crippen molar-refractivity contribution < 1.29 is 17.9 Å². The van der Waals surface area contributed by atoms with Gasteiger partial charge in [0.2, 0.25) is 10.0 Å². The fraction of sp³-hybridized carbons (Fsp3) is 0.500. The lowest BCUT2D eigenvalue weighted by Gasteiger charge is -2.15. The predicted molar refractivity (Wildman–Crippen MR) is 109 cm³/mol. The molecular weight excluding hydrogens is 394 g/mol. The molecule has 2 aromatic rings. The maximum Gasteiger partial charge on any atom is 0.251 e. The predicted octanol–water partition coefficient (Wildman–Crippen LogP) is 1.58. The van der Waals surface area contributed by atoms with E-state index in [4.69, 9.17) is 4.74 Å². The Morgan fingerprint density at radius 2 is 2.00 bits per heavy atom. The van der Waals surface area contributed by atoms with E-state index in [1.54, 1.807) is 0 Å². The van der Waals surface area contributed by atoms with Crippen molar-refractivity contribution in [3.05, 3.63) is 51.7 Å². The highest BCUT2D eigenvalue weighted by Gasteiger charge is 2.22. The number of aryl methyl sites for hydroxylation is 1. The van der Waals surface area contributed by atoms with Gasteiger partial charge in [-0.25, -0.2) is 12.7 Å². The zero-order valence-corrected chi connectivity index (χ0v) is 18.0. The molecule has 0 aliphatic carbocycles. The second-order valence-corrected chi connectivity index (χ2v) is 9.72. The first-order chi connectivity index (χ1) is 13.6. The Morgan fingerprint density at radius 1 is 1.28 bits per heavy atom. The number of pyridine rings is 1. The van der Waals surface area contributed by atoms with Crippen molar-refractivity contribution in [2.75, 3.05) is 20.7 Å². The summed E-state index contributed by atoms with van der Waals surface area (Å²) in [6.45, 7) is 5.06. The Morgan fingerprint density at radius 3 is 2.62 bits per heavy atom. The summed E-state index contributed by atoms with van der Waals surface area (Å²) in [6, 6.07) is 4.24. The van der Waals surface area contributed by atoms with Crippen LogP contribution in [0.3, 0.4) is 0 Å². The summed E-state index contributed by atoms with van der Waals surface area (Å²) in [5, 5.41) is 0. The first kappa shape index (κ1) is 21.5. The number of carbonyl (C=O) groups is 1. The van der Waals surface area contributed by atoms with Gasteiger partial charge in [0.1, 0.15) is 0 Å². The number of hydrogen-bond donors (Lipinski definition) is 0. The topological polar surface area (TPSA) is 90.6 Å². The van der Waals surface area contributed by atoms with Gasteiger partial charge < -0.3 is 13.9 Å². The number of aromatic nitrogens is 2. The molecule has 3 heterocycles. The lowest BCUT2D eigenvalue weighted by Crippen LogP contribution is -2.27. The number of rotatable bonds is 7. The van der Waals surface area contributed by atoms with E-state index in [9.17, 15) is 18.0 Å². The molecule has 8 nitrogen and oxygen atoms in total. The summed E-state index contributed by atoms with van der Waals surface area (Å²) in [5.41, 5.74) is 1.89. The molecule has 2 aromatic heterocycles. The normalized spacial score (nSPS) is 17.2. The third-order valence-corrected chi connectivity index (χ3v) is 7.13. The number of carbonyl (C=O) groups excluding carboxylic acids is 1. The van der Waals surface area contributed by atoms with Gasteiger partial charge in [-0.2, -0.15) is 0 Å². The smallest absolute Gasteiger partial charge is 0.251 e. The number of ether oxygens (including phenoxy) is 1. The molecule has 1 aliphatic heterocycles. The molecule has 9 heteroatoms. The van der Waals surface area contributed by atoms with Gasteiger partial charge in [-0.15, -0.1) is 0 Å². The third-order valence-electron chi connectivity index (χ3n) is 5.33. The van der Waals surface area contributed by atoms with Crippen LogP contribution in [-0.2, 0) is 27.8 Å². The lowest BCUT2D eigenvalue weighted by atomic mass is 10.1. The molecule has 1 aliphatic rings. The molecule has 29 heavy (non-hydrogen) atoms. The summed E-state index contributed by atoms with van der Waals surface area (Å²) in [7, 11) is -0.865. The van der Waals surface area contributed by atoms with Crippen molar-refractivity contribution >= 4 is 15.8 Å². The van der Waals surface area contributed by atoms with Crippen LogP contribution in [0.1, 0.15) is 34.6 Å². The number of ketones is 1. The second-order valence-electron chi connectivity index (χ2n) is 7.57. The van der Waals surface area contributed by atoms with Gasteiger partial charge in [0.05, 0.1) is 17.5 Å². The number of Topliss-reactive ketones (excluding diaryl/α,β-unsaturated/α-hetero) is 1.